The molecule has 9 N–H and O–H groups in total. The minimum atomic E-state index is -1.55. The van der Waals surface area contributed by atoms with Crippen LogP contribution in [0.3, 0.4) is 0 Å². The lowest BCUT2D eigenvalue weighted by Gasteiger charge is -2.17. The fourth-order valence-corrected chi connectivity index (χ4v) is 1.67. The van der Waals surface area contributed by atoms with Gasteiger partial charge in [-0.25, -0.2) is 9.59 Å². The molecule has 4 atom stereocenters. The number of carboxylic acid groups (broad SMARTS) is 1. The van der Waals surface area contributed by atoms with Gasteiger partial charge in [-0.15, -0.1) is 10.2 Å². The SMILES string of the molecule is CC(O)C(N)c1nnc([C@H](CC(N)=O)NC(=O)N[C@H](CO)C(=O)O)o1. The maximum atomic E-state index is 11.8. The van der Waals surface area contributed by atoms with E-state index in [1.54, 1.807) is 0 Å². The van der Waals surface area contributed by atoms with Crippen LogP contribution < -0.4 is 22.1 Å². The number of primary amides is 1. The Labute approximate surface area is 141 Å². The maximum absolute atomic E-state index is 11.8. The molecule has 13 nitrogen and oxygen atoms in total. The molecule has 1 aromatic rings. The normalized spacial score (nSPS) is 15.7. The van der Waals surface area contributed by atoms with E-state index >= 15 is 0 Å². The topological polar surface area (TPSA) is 227 Å². The highest BCUT2D eigenvalue weighted by Crippen LogP contribution is 2.19. The Morgan fingerprint density at radius 2 is 1.84 bits per heavy atom. The van der Waals surface area contributed by atoms with Crippen LogP contribution in [0.2, 0.25) is 0 Å². The van der Waals surface area contributed by atoms with E-state index in [4.69, 9.17) is 26.1 Å². The lowest BCUT2D eigenvalue weighted by atomic mass is 10.2. The summed E-state index contributed by atoms with van der Waals surface area (Å²) in [4.78, 5) is 33.8. The van der Waals surface area contributed by atoms with Crippen molar-refractivity contribution < 1.29 is 34.1 Å². The van der Waals surface area contributed by atoms with E-state index in [0.717, 1.165) is 0 Å². The number of nitrogens with two attached hydrogens (primary N) is 2. The standard InChI is InChI=1S/C12H20N6O7/c1-4(20)8(14)10-18-17-9(25-10)5(2-7(13)21)15-12(24)16-6(3-19)11(22)23/h4-6,8,19-20H,2-3,14H2,1H3,(H2,13,21)(H,22,23)(H2,15,16,24)/t4?,5-,6+,8?/m0/s1. The van der Waals surface area contributed by atoms with E-state index in [9.17, 15) is 19.5 Å². The Kier molecular flexibility index (Phi) is 7.22. The molecule has 0 aliphatic heterocycles. The van der Waals surface area contributed by atoms with E-state index < -0.39 is 55.2 Å². The highest BCUT2D eigenvalue weighted by atomic mass is 16.4. The van der Waals surface area contributed by atoms with Gasteiger partial charge in [0.1, 0.15) is 12.1 Å². The van der Waals surface area contributed by atoms with Crippen molar-refractivity contribution in [1.29, 1.82) is 0 Å². The van der Waals surface area contributed by atoms with Crippen molar-refractivity contribution in [2.75, 3.05) is 6.61 Å². The molecule has 0 bridgehead atoms. The van der Waals surface area contributed by atoms with Gasteiger partial charge in [-0.1, -0.05) is 0 Å². The van der Waals surface area contributed by atoms with Gasteiger partial charge in [0.15, 0.2) is 6.04 Å². The van der Waals surface area contributed by atoms with Crippen LogP contribution in [0.1, 0.15) is 37.2 Å². The molecule has 1 heterocycles. The smallest absolute Gasteiger partial charge is 0.328 e. The fraction of sp³-hybridized carbons (Fsp3) is 0.583. The third-order valence-corrected chi connectivity index (χ3v) is 3.06. The monoisotopic (exact) mass is 360 g/mol. The molecule has 1 aromatic heterocycles. The summed E-state index contributed by atoms with van der Waals surface area (Å²) in [5, 5.41) is 38.5. The summed E-state index contributed by atoms with van der Waals surface area (Å²) in [6.07, 6.45) is -1.41. The lowest BCUT2D eigenvalue weighted by molar-refractivity contribution is -0.140. The molecule has 25 heavy (non-hydrogen) atoms. The zero-order valence-corrected chi connectivity index (χ0v) is 13.2. The van der Waals surface area contributed by atoms with E-state index in [2.05, 4.69) is 15.5 Å². The van der Waals surface area contributed by atoms with E-state index in [-0.39, 0.29) is 11.8 Å². The average Bonchev–Trinajstić information content (AvgIpc) is 3.00. The number of urea groups is 1. The van der Waals surface area contributed by atoms with Crippen molar-refractivity contribution in [3.8, 4) is 0 Å². The number of carboxylic acids is 1. The number of nitrogens with zero attached hydrogens (tertiary/aromatic N) is 2. The van der Waals surface area contributed by atoms with E-state index in [0.29, 0.717) is 0 Å². The molecule has 13 heteroatoms. The number of rotatable bonds is 9. The molecule has 0 aliphatic rings. The van der Waals surface area contributed by atoms with E-state index in [1.165, 1.54) is 6.92 Å². The van der Waals surface area contributed by atoms with Gasteiger partial charge in [0, 0.05) is 0 Å². The van der Waals surface area contributed by atoms with Gasteiger partial charge in [0.25, 0.3) is 0 Å². The summed E-state index contributed by atoms with van der Waals surface area (Å²) in [5.41, 5.74) is 10.7. The number of amides is 3. The molecule has 1 rings (SSSR count). The quantitative estimate of drug-likeness (QED) is 0.238. The van der Waals surface area contributed by atoms with Crippen LogP contribution in [0.4, 0.5) is 4.79 Å². The van der Waals surface area contributed by atoms with Gasteiger partial charge >= 0.3 is 12.0 Å². The van der Waals surface area contributed by atoms with Gasteiger partial charge in [0.05, 0.1) is 19.1 Å². The molecule has 0 aromatic carbocycles. The predicted octanol–water partition coefficient (Wildman–Crippen LogP) is -2.89. The van der Waals surface area contributed by atoms with Crippen LogP contribution in [0.5, 0.6) is 0 Å². The Morgan fingerprint density at radius 1 is 1.24 bits per heavy atom. The highest BCUT2D eigenvalue weighted by molar-refractivity contribution is 5.83. The van der Waals surface area contributed by atoms with Crippen LogP contribution in [0.25, 0.3) is 0 Å². The summed E-state index contributed by atoms with van der Waals surface area (Å²) in [6, 6.07) is -4.69. The molecule has 0 radical (unpaired) electrons. The van der Waals surface area contributed by atoms with Crippen LogP contribution >= 0.6 is 0 Å². The molecule has 140 valence electrons. The van der Waals surface area contributed by atoms with Gasteiger partial charge in [-0.2, -0.15) is 0 Å². The third-order valence-electron chi connectivity index (χ3n) is 3.06. The van der Waals surface area contributed by atoms with Gasteiger partial charge in [0.2, 0.25) is 17.7 Å². The van der Waals surface area contributed by atoms with Gasteiger partial charge < -0.3 is 41.8 Å². The highest BCUT2D eigenvalue weighted by Gasteiger charge is 2.27. The van der Waals surface area contributed by atoms with Crippen molar-refractivity contribution in [2.45, 2.75) is 37.6 Å². The van der Waals surface area contributed by atoms with Gasteiger partial charge in [-0.05, 0) is 6.92 Å². The third kappa shape index (κ3) is 5.98. The fourth-order valence-electron chi connectivity index (χ4n) is 1.67. The number of aliphatic hydroxyl groups excluding tert-OH is 2. The van der Waals surface area contributed by atoms with Crippen molar-refractivity contribution in [2.24, 2.45) is 11.5 Å². The molecule has 2 unspecified atom stereocenters. The lowest BCUT2D eigenvalue weighted by Crippen LogP contribution is -2.49. The molecule has 0 saturated carbocycles. The number of hydrogen-bond acceptors (Lipinski definition) is 9. The molecule has 0 spiro atoms. The first-order valence-electron chi connectivity index (χ1n) is 7.11. The summed E-state index contributed by atoms with van der Waals surface area (Å²) in [6.45, 7) is 0.569. The van der Waals surface area contributed by atoms with Crippen LogP contribution in [0, 0.1) is 0 Å². The molecule has 0 aliphatic carbocycles. The Balaban J connectivity index is 2.89. The van der Waals surface area contributed by atoms with Crippen LogP contribution in [0.15, 0.2) is 4.42 Å². The predicted molar refractivity (Wildman–Crippen MR) is 79.6 cm³/mol. The first-order valence-corrected chi connectivity index (χ1v) is 7.11. The van der Waals surface area contributed by atoms with Crippen molar-refractivity contribution >= 4 is 17.9 Å². The van der Waals surface area contributed by atoms with Crippen molar-refractivity contribution in [3.63, 3.8) is 0 Å². The molecular formula is C12H20N6O7. The largest absolute Gasteiger partial charge is 0.480 e. The molecule has 0 fully saturated rings. The second kappa shape index (κ2) is 8.91. The summed E-state index contributed by atoms with van der Waals surface area (Å²) < 4.78 is 5.23. The first-order chi connectivity index (χ1) is 11.6. The van der Waals surface area contributed by atoms with Crippen LogP contribution in [-0.4, -0.2) is 62.2 Å². The molecule has 0 saturated heterocycles. The second-order valence-electron chi connectivity index (χ2n) is 5.16. The number of hydrogen-bond donors (Lipinski definition) is 7. The number of carbonyl (C=O) groups is 3. The zero-order chi connectivity index (χ0) is 19.1. The van der Waals surface area contributed by atoms with Crippen LogP contribution in [-0.2, 0) is 9.59 Å². The Hall–Kier alpha value is -2.77. The minimum absolute atomic E-state index is 0.125. The second-order valence-corrected chi connectivity index (χ2v) is 5.16. The number of carbonyl (C=O) groups excluding carboxylic acids is 2. The molecule has 3 amide bonds. The summed E-state index contributed by atoms with van der Waals surface area (Å²) in [7, 11) is 0. The summed E-state index contributed by atoms with van der Waals surface area (Å²) >= 11 is 0. The zero-order valence-electron chi connectivity index (χ0n) is 13.2. The molecular weight excluding hydrogens is 340 g/mol. The number of aliphatic hydroxyl groups is 2. The number of aliphatic carboxylic acids is 1. The average molecular weight is 360 g/mol. The minimum Gasteiger partial charge on any atom is -0.480 e. The van der Waals surface area contributed by atoms with Crippen molar-refractivity contribution in [1.82, 2.24) is 20.8 Å². The van der Waals surface area contributed by atoms with Crippen molar-refractivity contribution in [3.05, 3.63) is 11.8 Å². The Bertz CT molecular complexity index is 619. The first kappa shape index (κ1) is 20.3. The van der Waals surface area contributed by atoms with Gasteiger partial charge in [-0.3, -0.25) is 4.79 Å². The number of aromatic nitrogens is 2. The van der Waals surface area contributed by atoms with E-state index in [1.807, 2.05) is 5.32 Å². The number of nitrogens with one attached hydrogen (secondary N) is 2. The summed E-state index contributed by atoms with van der Waals surface area (Å²) in [5.74, 6) is -2.59. The Morgan fingerprint density at radius 3 is 2.32 bits per heavy atom. The maximum Gasteiger partial charge on any atom is 0.328 e.